The molecule has 0 aliphatic carbocycles. The van der Waals surface area contributed by atoms with Crippen molar-refractivity contribution in [1.82, 2.24) is 4.72 Å². The van der Waals surface area contributed by atoms with Crippen LogP contribution in [0.1, 0.15) is 0 Å². The van der Waals surface area contributed by atoms with E-state index >= 15 is 0 Å². The number of nitrogens with zero attached hydrogens (tertiary/aromatic N) is 1. The molecule has 0 bridgehead atoms. The van der Waals surface area contributed by atoms with Crippen LogP contribution in [0.3, 0.4) is 0 Å². The molecular formula is C9H11F2N3O2S. The van der Waals surface area contributed by atoms with E-state index in [0.717, 1.165) is 12.1 Å². The predicted octanol–water partition coefficient (Wildman–Crippen LogP) is -0.0535. The molecular weight excluding hydrogens is 252 g/mol. The Balaban J connectivity index is 2.47. The highest BCUT2D eigenvalue weighted by Gasteiger charge is 2.37. The molecule has 1 fully saturated rings. The van der Waals surface area contributed by atoms with Gasteiger partial charge in [0.15, 0.2) is 11.6 Å². The average Bonchev–Trinajstić information content (AvgIpc) is 2.54. The molecule has 1 aliphatic rings. The fraction of sp³-hybridized carbons (Fsp3) is 0.333. The van der Waals surface area contributed by atoms with Gasteiger partial charge in [0.2, 0.25) is 0 Å². The summed E-state index contributed by atoms with van der Waals surface area (Å²) in [6.07, 6.45) is 0. The summed E-state index contributed by atoms with van der Waals surface area (Å²) in [7, 11) is -3.92. The van der Waals surface area contributed by atoms with Crippen molar-refractivity contribution in [3.8, 4) is 0 Å². The summed E-state index contributed by atoms with van der Waals surface area (Å²) >= 11 is 0. The summed E-state index contributed by atoms with van der Waals surface area (Å²) in [5, 5.41) is 0. The van der Waals surface area contributed by atoms with Crippen LogP contribution in [0.5, 0.6) is 0 Å². The molecule has 1 aliphatic heterocycles. The lowest BCUT2D eigenvalue weighted by Crippen LogP contribution is -2.34. The van der Waals surface area contributed by atoms with Gasteiger partial charge in [-0.15, -0.1) is 0 Å². The lowest BCUT2D eigenvalue weighted by Gasteiger charge is -2.17. The first kappa shape index (κ1) is 12.2. The molecule has 0 amide bonds. The van der Waals surface area contributed by atoms with Crippen LogP contribution in [0.2, 0.25) is 0 Å². The van der Waals surface area contributed by atoms with Crippen molar-refractivity contribution in [3.63, 3.8) is 0 Å². The lowest BCUT2D eigenvalue weighted by molar-refractivity contribution is 0.572. The Labute approximate surface area is 97.4 Å². The van der Waals surface area contributed by atoms with Crippen molar-refractivity contribution in [2.75, 3.05) is 17.4 Å². The smallest absolute Gasteiger partial charge is 0.302 e. The van der Waals surface area contributed by atoms with Crippen LogP contribution < -0.4 is 14.8 Å². The van der Waals surface area contributed by atoms with Gasteiger partial charge in [-0.05, 0) is 12.1 Å². The van der Waals surface area contributed by atoms with Crippen LogP contribution in [-0.2, 0) is 10.2 Å². The number of halogens is 2. The van der Waals surface area contributed by atoms with Gasteiger partial charge in [0.25, 0.3) is 0 Å². The van der Waals surface area contributed by atoms with Gasteiger partial charge in [0.05, 0.1) is 12.6 Å². The highest BCUT2D eigenvalue weighted by Crippen LogP contribution is 2.27. The maximum Gasteiger partial charge on any atom is 0.302 e. The standard InChI is InChI=1S/C9H11F2N3O2S/c10-7-2-1-3-8(11)9(7)14-5-6(4-12)13-17(14,15)16/h1-3,6,13H,4-5,12H2. The molecule has 1 aromatic rings. The number of hydrogen-bond donors (Lipinski definition) is 2. The third-order valence-electron chi connectivity index (χ3n) is 2.46. The molecule has 1 heterocycles. The minimum absolute atomic E-state index is 0.0613. The summed E-state index contributed by atoms with van der Waals surface area (Å²) in [6.45, 7) is -0.0253. The zero-order valence-electron chi connectivity index (χ0n) is 8.73. The van der Waals surface area contributed by atoms with Gasteiger partial charge in [-0.25, -0.2) is 8.78 Å². The number of rotatable bonds is 2. The van der Waals surface area contributed by atoms with Crippen LogP contribution in [0.15, 0.2) is 18.2 Å². The van der Waals surface area contributed by atoms with Crippen LogP contribution >= 0.6 is 0 Å². The fourth-order valence-corrected chi connectivity index (χ4v) is 3.18. The molecule has 1 aromatic carbocycles. The first-order valence-corrected chi connectivity index (χ1v) is 6.34. The van der Waals surface area contributed by atoms with Gasteiger partial charge in [-0.2, -0.15) is 13.1 Å². The molecule has 1 saturated heterocycles. The van der Waals surface area contributed by atoms with E-state index in [1.807, 2.05) is 0 Å². The quantitative estimate of drug-likeness (QED) is 0.785. The fourth-order valence-electron chi connectivity index (χ4n) is 1.67. The van der Waals surface area contributed by atoms with Crippen LogP contribution in [0.4, 0.5) is 14.5 Å². The van der Waals surface area contributed by atoms with E-state index in [1.165, 1.54) is 6.07 Å². The Morgan fingerprint density at radius 3 is 2.47 bits per heavy atom. The van der Waals surface area contributed by atoms with Crippen molar-refractivity contribution in [2.24, 2.45) is 5.73 Å². The Morgan fingerprint density at radius 1 is 1.41 bits per heavy atom. The molecule has 0 aromatic heterocycles. The topological polar surface area (TPSA) is 75.4 Å². The van der Waals surface area contributed by atoms with E-state index in [9.17, 15) is 17.2 Å². The van der Waals surface area contributed by atoms with Crippen molar-refractivity contribution < 1.29 is 17.2 Å². The van der Waals surface area contributed by atoms with E-state index in [4.69, 9.17) is 5.73 Å². The maximum atomic E-state index is 13.5. The normalized spacial score (nSPS) is 23.0. The molecule has 1 atom stereocenters. The summed E-state index contributed by atoms with van der Waals surface area (Å²) in [4.78, 5) is 0. The molecule has 8 heteroatoms. The second kappa shape index (κ2) is 4.21. The number of para-hydroxylation sites is 1. The molecule has 2 rings (SSSR count). The van der Waals surface area contributed by atoms with Gasteiger partial charge >= 0.3 is 10.2 Å². The van der Waals surface area contributed by atoms with Crippen molar-refractivity contribution in [2.45, 2.75) is 6.04 Å². The van der Waals surface area contributed by atoms with E-state index < -0.39 is 33.6 Å². The van der Waals surface area contributed by atoms with Crippen LogP contribution in [-0.4, -0.2) is 27.5 Å². The minimum atomic E-state index is -3.92. The van der Waals surface area contributed by atoms with Gasteiger partial charge in [-0.1, -0.05) is 6.07 Å². The third kappa shape index (κ3) is 2.11. The largest absolute Gasteiger partial charge is 0.329 e. The third-order valence-corrected chi connectivity index (χ3v) is 4.01. The number of benzene rings is 1. The average molecular weight is 263 g/mol. The van der Waals surface area contributed by atoms with Gasteiger partial charge < -0.3 is 5.73 Å². The molecule has 94 valence electrons. The van der Waals surface area contributed by atoms with Crippen LogP contribution in [0.25, 0.3) is 0 Å². The Morgan fingerprint density at radius 2 is 2.00 bits per heavy atom. The first-order chi connectivity index (χ1) is 7.95. The SMILES string of the molecule is NCC1CN(c2c(F)cccc2F)S(=O)(=O)N1. The Hall–Kier alpha value is -1.25. The summed E-state index contributed by atoms with van der Waals surface area (Å²) in [5.41, 5.74) is 4.76. The summed E-state index contributed by atoms with van der Waals surface area (Å²) in [5.74, 6) is -1.85. The van der Waals surface area contributed by atoms with Crippen molar-refractivity contribution >= 4 is 15.9 Å². The molecule has 0 radical (unpaired) electrons. The molecule has 1 unspecified atom stereocenters. The number of nitrogens with two attached hydrogens (primary N) is 1. The summed E-state index contributed by atoms with van der Waals surface area (Å²) < 4.78 is 53.2. The molecule has 17 heavy (non-hydrogen) atoms. The highest BCUT2D eigenvalue weighted by molar-refractivity contribution is 7.91. The van der Waals surface area contributed by atoms with Crippen LogP contribution in [0, 0.1) is 11.6 Å². The molecule has 0 saturated carbocycles. The summed E-state index contributed by atoms with van der Waals surface area (Å²) in [6, 6.07) is 2.64. The van der Waals surface area contributed by atoms with Gasteiger partial charge in [0.1, 0.15) is 5.69 Å². The monoisotopic (exact) mass is 263 g/mol. The van der Waals surface area contributed by atoms with Gasteiger partial charge in [-0.3, -0.25) is 4.31 Å². The maximum absolute atomic E-state index is 13.5. The number of nitrogens with one attached hydrogen (secondary N) is 1. The van der Waals surface area contributed by atoms with Crippen molar-refractivity contribution in [3.05, 3.63) is 29.8 Å². The lowest BCUT2D eigenvalue weighted by atomic mass is 10.2. The van der Waals surface area contributed by atoms with Gasteiger partial charge in [0, 0.05) is 6.54 Å². The number of anilines is 1. The minimum Gasteiger partial charge on any atom is -0.329 e. The zero-order chi connectivity index (χ0) is 12.6. The number of hydrogen-bond acceptors (Lipinski definition) is 3. The molecule has 3 N–H and O–H groups in total. The molecule has 0 spiro atoms. The zero-order valence-corrected chi connectivity index (χ0v) is 9.55. The van der Waals surface area contributed by atoms with E-state index in [2.05, 4.69) is 4.72 Å². The first-order valence-electron chi connectivity index (χ1n) is 4.90. The van der Waals surface area contributed by atoms with E-state index in [1.54, 1.807) is 0 Å². The predicted molar refractivity (Wildman–Crippen MR) is 58.6 cm³/mol. The van der Waals surface area contributed by atoms with E-state index in [0.29, 0.717) is 4.31 Å². The van der Waals surface area contributed by atoms with E-state index in [-0.39, 0.29) is 13.1 Å². The Bertz CT molecular complexity index is 515. The highest BCUT2D eigenvalue weighted by atomic mass is 32.2. The Kier molecular flexibility index (Phi) is 3.02. The second-order valence-electron chi connectivity index (χ2n) is 3.66. The van der Waals surface area contributed by atoms with Crippen molar-refractivity contribution in [1.29, 1.82) is 0 Å². The molecule has 5 nitrogen and oxygen atoms in total. The second-order valence-corrected chi connectivity index (χ2v) is 5.28.